The second-order valence-electron chi connectivity index (χ2n) is 8.71. The zero-order valence-electron chi connectivity index (χ0n) is 15.0. The lowest BCUT2D eigenvalue weighted by Gasteiger charge is -2.56. The van der Waals surface area contributed by atoms with Gasteiger partial charge in [0.25, 0.3) is 0 Å². The number of rotatable bonds is 4. The number of aromatic nitrogens is 2. The van der Waals surface area contributed by atoms with Crippen molar-refractivity contribution in [1.29, 1.82) is 0 Å². The highest BCUT2D eigenvalue weighted by molar-refractivity contribution is 5.89. The Morgan fingerprint density at radius 2 is 1.73 bits per heavy atom. The van der Waals surface area contributed by atoms with Crippen molar-refractivity contribution in [3.05, 3.63) is 48.5 Å². The van der Waals surface area contributed by atoms with E-state index in [0.29, 0.717) is 0 Å². The lowest BCUT2D eigenvalue weighted by atomic mass is 9.53. The van der Waals surface area contributed by atoms with E-state index in [-0.39, 0.29) is 11.6 Å². The molecule has 4 fully saturated rings. The Balaban J connectivity index is 1.20. The molecule has 1 heterocycles. The fraction of sp³-hybridized carbons (Fsp3) is 0.524. The minimum Gasteiger partial charge on any atom is -0.333 e. The standard InChI is InChI=1S/C21H26N4O/c26-20(24-21-10-16-7-17(11-21)9-18(8-16)12-21)23-19-3-1-15(2-4-19)13-25-6-5-22-14-25/h1-6,14,16-18H,7-13H2,(H2,23,24,26). The van der Waals surface area contributed by atoms with Gasteiger partial charge in [-0.1, -0.05) is 12.1 Å². The molecule has 4 saturated carbocycles. The molecule has 0 radical (unpaired) electrons. The number of anilines is 1. The maximum absolute atomic E-state index is 12.6. The summed E-state index contributed by atoms with van der Waals surface area (Å²) in [6, 6.07) is 8.02. The molecule has 0 spiro atoms. The van der Waals surface area contributed by atoms with E-state index >= 15 is 0 Å². The molecular formula is C21H26N4O. The van der Waals surface area contributed by atoms with Gasteiger partial charge in [-0.05, 0) is 74.0 Å². The highest BCUT2D eigenvalue weighted by Gasteiger charge is 2.51. The third-order valence-corrected chi connectivity index (χ3v) is 6.55. The predicted octanol–water partition coefficient (Wildman–Crippen LogP) is 4.02. The molecule has 0 unspecified atom stereocenters. The van der Waals surface area contributed by atoms with E-state index in [2.05, 4.69) is 27.8 Å². The van der Waals surface area contributed by atoms with E-state index in [1.54, 1.807) is 6.20 Å². The summed E-state index contributed by atoms with van der Waals surface area (Å²) >= 11 is 0. The molecule has 1 aromatic carbocycles. The zero-order chi connectivity index (χ0) is 17.6. The number of carbonyl (C=O) groups is 1. The summed E-state index contributed by atoms with van der Waals surface area (Å²) in [7, 11) is 0. The molecule has 4 aliphatic rings. The summed E-state index contributed by atoms with van der Waals surface area (Å²) in [5.74, 6) is 2.51. The first-order valence-corrected chi connectivity index (χ1v) is 9.80. The largest absolute Gasteiger partial charge is 0.333 e. The van der Waals surface area contributed by atoms with Crippen LogP contribution in [0, 0.1) is 17.8 Å². The molecule has 1 aromatic heterocycles. The van der Waals surface area contributed by atoms with Crippen molar-refractivity contribution in [2.24, 2.45) is 17.8 Å². The molecular weight excluding hydrogens is 324 g/mol. The fourth-order valence-electron chi connectivity index (χ4n) is 5.95. The summed E-state index contributed by atoms with van der Waals surface area (Å²) < 4.78 is 2.03. The minimum absolute atomic E-state index is 0.0469. The molecule has 5 nitrogen and oxygen atoms in total. The van der Waals surface area contributed by atoms with Crippen molar-refractivity contribution >= 4 is 11.7 Å². The molecule has 6 rings (SSSR count). The van der Waals surface area contributed by atoms with Crippen LogP contribution in [0.4, 0.5) is 10.5 Å². The van der Waals surface area contributed by atoms with Gasteiger partial charge in [0, 0.05) is 30.2 Å². The maximum Gasteiger partial charge on any atom is 0.319 e. The van der Waals surface area contributed by atoms with Crippen molar-refractivity contribution in [2.45, 2.75) is 50.6 Å². The summed E-state index contributed by atoms with van der Waals surface area (Å²) in [6.07, 6.45) is 13.2. The first-order valence-electron chi connectivity index (χ1n) is 9.80. The van der Waals surface area contributed by atoms with Gasteiger partial charge < -0.3 is 15.2 Å². The molecule has 4 aliphatic carbocycles. The van der Waals surface area contributed by atoms with E-state index in [1.807, 2.05) is 29.2 Å². The van der Waals surface area contributed by atoms with Crippen LogP contribution in [0.25, 0.3) is 0 Å². The Morgan fingerprint density at radius 1 is 1.08 bits per heavy atom. The number of nitrogens with one attached hydrogen (secondary N) is 2. The number of nitrogens with zero attached hydrogens (tertiary/aromatic N) is 2. The third kappa shape index (κ3) is 3.11. The lowest BCUT2D eigenvalue weighted by molar-refractivity contribution is -0.0127. The predicted molar refractivity (Wildman–Crippen MR) is 101 cm³/mol. The number of amides is 2. The normalized spacial score (nSPS) is 31.8. The van der Waals surface area contributed by atoms with Gasteiger partial charge in [0.2, 0.25) is 0 Å². The van der Waals surface area contributed by atoms with Crippen LogP contribution in [-0.2, 0) is 6.54 Å². The van der Waals surface area contributed by atoms with E-state index < -0.39 is 0 Å². The number of hydrogen-bond donors (Lipinski definition) is 2. The topological polar surface area (TPSA) is 59.0 Å². The average molecular weight is 350 g/mol. The lowest BCUT2D eigenvalue weighted by Crippen LogP contribution is -2.60. The number of benzene rings is 1. The Bertz CT molecular complexity index is 746. The quantitative estimate of drug-likeness (QED) is 0.875. The van der Waals surface area contributed by atoms with Crippen molar-refractivity contribution in [2.75, 3.05) is 5.32 Å². The zero-order valence-corrected chi connectivity index (χ0v) is 15.0. The van der Waals surface area contributed by atoms with Gasteiger partial charge in [-0.15, -0.1) is 0 Å². The summed E-state index contributed by atoms with van der Waals surface area (Å²) in [5, 5.41) is 6.40. The van der Waals surface area contributed by atoms with Gasteiger partial charge in [0.1, 0.15) is 0 Å². The fourth-order valence-corrected chi connectivity index (χ4v) is 5.95. The Morgan fingerprint density at radius 3 is 2.31 bits per heavy atom. The van der Waals surface area contributed by atoms with Crippen molar-refractivity contribution < 1.29 is 4.79 Å². The monoisotopic (exact) mass is 350 g/mol. The molecule has 0 saturated heterocycles. The third-order valence-electron chi connectivity index (χ3n) is 6.55. The molecule has 26 heavy (non-hydrogen) atoms. The maximum atomic E-state index is 12.6. The first kappa shape index (κ1) is 15.9. The number of urea groups is 1. The number of carbonyl (C=O) groups excluding carboxylic acids is 1. The van der Waals surface area contributed by atoms with Crippen molar-refractivity contribution in [3.63, 3.8) is 0 Å². The van der Waals surface area contributed by atoms with Crippen LogP contribution in [-0.4, -0.2) is 21.1 Å². The molecule has 136 valence electrons. The van der Waals surface area contributed by atoms with Crippen LogP contribution in [0.1, 0.15) is 44.1 Å². The van der Waals surface area contributed by atoms with Gasteiger partial charge in [-0.2, -0.15) is 0 Å². The van der Waals surface area contributed by atoms with Crippen molar-refractivity contribution in [3.8, 4) is 0 Å². The SMILES string of the molecule is O=C(Nc1ccc(Cn2ccnc2)cc1)NC12CC3CC(CC(C3)C1)C2. The summed E-state index contributed by atoms with van der Waals surface area (Å²) in [4.78, 5) is 16.7. The summed E-state index contributed by atoms with van der Waals surface area (Å²) in [5.41, 5.74) is 2.09. The van der Waals surface area contributed by atoms with Crippen molar-refractivity contribution in [1.82, 2.24) is 14.9 Å². The van der Waals surface area contributed by atoms with Crippen LogP contribution in [0.3, 0.4) is 0 Å². The molecule has 4 bridgehead atoms. The molecule has 2 aromatic rings. The van der Waals surface area contributed by atoms with Gasteiger partial charge in [-0.3, -0.25) is 0 Å². The highest BCUT2D eigenvalue weighted by atomic mass is 16.2. The van der Waals surface area contributed by atoms with Gasteiger partial charge in [0.05, 0.1) is 6.33 Å². The Kier molecular flexibility index (Phi) is 3.76. The highest BCUT2D eigenvalue weighted by Crippen LogP contribution is 2.55. The molecule has 5 heteroatoms. The molecule has 0 aliphatic heterocycles. The van der Waals surface area contributed by atoms with E-state index in [9.17, 15) is 4.79 Å². The number of imidazole rings is 1. The molecule has 2 amide bonds. The van der Waals surface area contributed by atoms with E-state index in [4.69, 9.17) is 0 Å². The second-order valence-corrected chi connectivity index (χ2v) is 8.71. The first-order chi connectivity index (χ1) is 12.7. The minimum atomic E-state index is -0.0469. The second kappa shape index (κ2) is 6.15. The van der Waals surface area contributed by atoms with Crippen LogP contribution in [0.2, 0.25) is 0 Å². The van der Waals surface area contributed by atoms with Crippen LogP contribution < -0.4 is 10.6 Å². The molecule has 0 atom stereocenters. The molecule has 2 N–H and O–H groups in total. The van der Waals surface area contributed by atoms with Gasteiger partial charge in [-0.25, -0.2) is 9.78 Å². The Labute approximate surface area is 154 Å². The van der Waals surface area contributed by atoms with E-state index in [1.165, 1.54) is 44.1 Å². The van der Waals surface area contributed by atoms with Crippen LogP contribution in [0.15, 0.2) is 43.0 Å². The summed E-state index contributed by atoms with van der Waals surface area (Å²) in [6.45, 7) is 0.791. The average Bonchev–Trinajstić information content (AvgIpc) is 3.08. The number of hydrogen-bond acceptors (Lipinski definition) is 2. The van der Waals surface area contributed by atoms with Gasteiger partial charge >= 0.3 is 6.03 Å². The smallest absolute Gasteiger partial charge is 0.319 e. The Hall–Kier alpha value is -2.30. The van der Waals surface area contributed by atoms with Crippen LogP contribution in [0.5, 0.6) is 0 Å². The van der Waals surface area contributed by atoms with Crippen LogP contribution >= 0.6 is 0 Å². The van der Waals surface area contributed by atoms with Gasteiger partial charge in [0.15, 0.2) is 0 Å². The van der Waals surface area contributed by atoms with E-state index in [0.717, 1.165) is 30.0 Å².